The van der Waals surface area contributed by atoms with Gasteiger partial charge >= 0.3 is 0 Å². The second-order valence-corrected chi connectivity index (χ2v) is 5.52. The molecule has 0 amide bonds. The lowest BCUT2D eigenvalue weighted by Crippen LogP contribution is -2.06. The maximum absolute atomic E-state index is 11.8. The first kappa shape index (κ1) is 13.0. The molecule has 2 aromatic rings. The van der Waals surface area contributed by atoms with Gasteiger partial charge < -0.3 is 0 Å². The van der Waals surface area contributed by atoms with Gasteiger partial charge in [-0.05, 0) is 18.2 Å². The Hall–Kier alpha value is -1.43. The molecule has 6 heteroatoms. The normalized spacial score (nSPS) is 11.4. The van der Waals surface area contributed by atoms with Crippen LogP contribution in [0.5, 0.6) is 0 Å². The molecule has 0 aliphatic carbocycles. The third-order valence-corrected chi connectivity index (χ3v) is 3.89. The van der Waals surface area contributed by atoms with Crippen molar-refractivity contribution in [2.24, 2.45) is 0 Å². The van der Waals surface area contributed by atoms with E-state index in [0.717, 1.165) is 0 Å². The Morgan fingerprint density at radius 1 is 1.17 bits per heavy atom. The fourth-order valence-electron chi connectivity index (χ4n) is 1.31. The van der Waals surface area contributed by atoms with Gasteiger partial charge in [-0.1, -0.05) is 29.8 Å². The van der Waals surface area contributed by atoms with E-state index >= 15 is 0 Å². The predicted octanol–water partition coefficient (Wildman–Crippen LogP) is 2.64. The second-order valence-electron chi connectivity index (χ2n) is 3.50. The number of rotatable bonds is 4. The number of halogens is 1. The van der Waals surface area contributed by atoms with Gasteiger partial charge in [-0.2, -0.15) is 8.42 Å². The van der Waals surface area contributed by atoms with Crippen molar-refractivity contribution in [3.05, 3.63) is 59.4 Å². The SMILES string of the molecule is O=S(=O)(OCc1cnccc1Cl)c1ccccc1. The minimum atomic E-state index is -3.76. The van der Waals surface area contributed by atoms with Crippen LogP contribution < -0.4 is 0 Å². The fourth-order valence-corrected chi connectivity index (χ4v) is 2.38. The van der Waals surface area contributed by atoms with E-state index in [0.29, 0.717) is 10.6 Å². The van der Waals surface area contributed by atoms with Gasteiger partial charge in [0.25, 0.3) is 10.1 Å². The largest absolute Gasteiger partial charge is 0.297 e. The number of hydrogen-bond acceptors (Lipinski definition) is 4. The average molecular weight is 284 g/mol. The topological polar surface area (TPSA) is 56.3 Å². The summed E-state index contributed by atoms with van der Waals surface area (Å²) in [6.45, 7) is -0.135. The monoisotopic (exact) mass is 283 g/mol. The first-order chi connectivity index (χ1) is 8.59. The first-order valence-corrected chi connectivity index (χ1v) is 6.91. The van der Waals surface area contributed by atoms with E-state index in [4.69, 9.17) is 15.8 Å². The molecule has 1 aromatic carbocycles. The summed E-state index contributed by atoms with van der Waals surface area (Å²) in [5, 5.41) is 0.424. The Balaban J connectivity index is 2.14. The summed E-state index contributed by atoms with van der Waals surface area (Å²) in [5.74, 6) is 0. The van der Waals surface area contributed by atoms with E-state index in [-0.39, 0.29) is 11.5 Å². The maximum Gasteiger partial charge on any atom is 0.297 e. The second kappa shape index (κ2) is 5.48. The molecule has 2 rings (SSSR count). The summed E-state index contributed by atoms with van der Waals surface area (Å²) in [6, 6.07) is 9.52. The predicted molar refractivity (Wildman–Crippen MR) is 67.7 cm³/mol. The van der Waals surface area contributed by atoms with Gasteiger partial charge in [0.05, 0.1) is 11.5 Å². The first-order valence-electron chi connectivity index (χ1n) is 5.12. The number of benzene rings is 1. The van der Waals surface area contributed by atoms with Gasteiger partial charge in [-0.25, -0.2) is 0 Å². The van der Waals surface area contributed by atoms with Gasteiger partial charge in [0.15, 0.2) is 0 Å². The number of hydrogen-bond donors (Lipinski definition) is 0. The standard InChI is InChI=1S/C12H10ClNO3S/c13-12-6-7-14-8-10(12)9-17-18(15,16)11-4-2-1-3-5-11/h1-8H,9H2. The molecule has 18 heavy (non-hydrogen) atoms. The van der Waals surface area contributed by atoms with Crippen molar-refractivity contribution in [2.75, 3.05) is 0 Å². The fraction of sp³-hybridized carbons (Fsp3) is 0.0833. The van der Waals surface area contributed by atoms with E-state index in [1.54, 1.807) is 24.3 Å². The third-order valence-electron chi connectivity index (χ3n) is 2.25. The highest BCUT2D eigenvalue weighted by Crippen LogP contribution is 2.18. The van der Waals surface area contributed by atoms with Crippen LogP contribution in [0.15, 0.2) is 53.7 Å². The Labute approximate surface area is 110 Å². The van der Waals surface area contributed by atoms with Gasteiger partial charge in [-0.3, -0.25) is 9.17 Å². The summed E-state index contributed by atoms with van der Waals surface area (Å²) >= 11 is 5.88. The van der Waals surface area contributed by atoms with Crippen LogP contribution >= 0.6 is 11.6 Å². The molecule has 0 radical (unpaired) electrons. The van der Waals surface area contributed by atoms with E-state index in [1.165, 1.54) is 24.5 Å². The van der Waals surface area contributed by atoms with E-state index in [9.17, 15) is 8.42 Å². The molecule has 94 valence electrons. The molecule has 0 fully saturated rings. The minimum absolute atomic E-state index is 0.116. The van der Waals surface area contributed by atoms with Crippen LogP contribution in [0.25, 0.3) is 0 Å². The quantitative estimate of drug-likeness (QED) is 0.810. The number of pyridine rings is 1. The van der Waals surface area contributed by atoms with Crippen LogP contribution in [0.4, 0.5) is 0 Å². The lowest BCUT2D eigenvalue weighted by atomic mass is 10.3. The van der Waals surface area contributed by atoms with E-state index in [2.05, 4.69) is 4.98 Å². The summed E-state index contributed by atoms with van der Waals surface area (Å²) in [4.78, 5) is 3.98. The van der Waals surface area contributed by atoms with Crippen LogP contribution in [-0.4, -0.2) is 13.4 Å². The molecule has 0 saturated carbocycles. The van der Waals surface area contributed by atoms with Crippen molar-refractivity contribution in [1.82, 2.24) is 4.98 Å². The summed E-state index contributed by atoms with van der Waals surface area (Å²) in [6.07, 6.45) is 3.00. The summed E-state index contributed by atoms with van der Waals surface area (Å²) < 4.78 is 28.6. The molecule has 4 nitrogen and oxygen atoms in total. The van der Waals surface area contributed by atoms with Crippen LogP contribution in [0.2, 0.25) is 5.02 Å². The molecule has 0 aliphatic rings. The Morgan fingerprint density at radius 2 is 1.89 bits per heavy atom. The molecule has 0 saturated heterocycles. The molecular weight excluding hydrogens is 274 g/mol. The number of aromatic nitrogens is 1. The smallest absolute Gasteiger partial charge is 0.264 e. The van der Waals surface area contributed by atoms with Gasteiger partial charge in [0.2, 0.25) is 0 Å². The van der Waals surface area contributed by atoms with Crippen molar-refractivity contribution >= 4 is 21.7 Å². The highest BCUT2D eigenvalue weighted by molar-refractivity contribution is 7.86. The Bertz CT molecular complexity index is 629. The van der Waals surface area contributed by atoms with Crippen molar-refractivity contribution in [3.63, 3.8) is 0 Å². The van der Waals surface area contributed by atoms with Gasteiger partial charge in [0, 0.05) is 23.0 Å². The summed E-state index contributed by atoms with van der Waals surface area (Å²) in [5.41, 5.74) is 0.527. The molecule has 0 spiro atoms. The zero-order valence-corrected chi connectivity index (χ0v) is 10.9. The molecular formula is C12H10ClNO3S. The van der Waals surface area contributed by atoms with Crippen LogP contribution in [0.3, 0.4) is 0 Å². The van der Waals surface area contributed by atoms with Crippen LogP contribution in [0, 0.1) is 0 Å². The van der Waals surface area contributed by atoms with Crippen molar-refractivity contribution < 1.29 is 12.6 Å². The highest BCUT2D eigenvalue weighted by atomic mass is 35.5. The van der Waals surface area contributed by atoms with E-state index < -0.39 is 10.1 Å². The zero-order chi connectivity index (χ0) is 13.0. The van der Waals surface area contributed by atoms with E-state index in [1.807, 2.05) is 0 Å². The average Bonchev–Trinajstić information content (AvgIpc) is 2.39. The van der Waals surface area contributed by atoms with Crippen molar-refractivity contribution in [1.29, 1.82) is 0 Å². The van der Waals surface area contributed by atoms with Crippen LogP contribution in [0.1, 0.15) is 5.56 Å². The minimum Gasteiger partial charge on any atom is -0.264 e. The Kier molecular flexibility index (Phi) is 3.96. The lowest BCUT2D eigenvalue weighted by Gasteiger charge is -2.06. The molecule has 0 unspecified atom stereocenters. The van der Waals surface area contributed by atoms with Gasteiger partial charge in [-0.15, -0.1) is 0 Å². The molecule has 1 heterocycles. The highest BCUT2D eigenvalue weighted by Gasteiger charge is 2.15. The molecule has 0 N–H and O–H groups in total. The van der Waals surface area contributed by atoms with Crippen molar-refractivity contribution in [3.8, 4) is 0 Å². The summed E-state index contributed by atoms with van der Waals surface area (Å²) in [7, 11) is -3.76. The van der Waals surface area contributed by atoms with Gasteiger partial charge in [0.1, 0.15) is 0 Å². The maximum atomic E-state index is 11.8. The Morgan fingerprint density at radius 3 is 2.56 bits per heavy atom. The molecule has 1 aromatic heterocycles. The lowest BCUT2D eigenvalue weighted by molar-refractivity contribution is 0.307. The molecule has 0 atom stereocenters. The number of nitrogens with zero attached hydrogens (tertiary/aromatic N) is 1. The van der Waals surface area contributed by atoms with Crippen molar-refractivity contribution in [2.45, 2.75) is 11.5 Å². The molecule has 0 bridgehead atoms. The zero-order valence-electron chi connectivity index (χ0n) is 9.28. The molecule has 0 aliphatic heterocycles. The van der Waals surface area contributed by atoms with Crippen LogP contribution in [-0.2, 0) is 20.9 Å². The third kappa shape index (κ3) is 3.07.